The number of rotatable bonds is 8. The maximum atomic E-state index is 13.5. The van der Waals surface area contributed by atoms with Crippen LogP contribution in [0.1, 0.15) is 42.3 Å². The van der Waals surface area contributed by atoms with Crippen LogP contribution in [0.5, 0.6) is 0 Å². The number of benzene rings is 3. The Balaban J connectivity index is 1.35. The molecule has 206 valence electrons. The van der Waals surface area contributed by atoms with Crippen LogP contribution in [0.2, 0.25) is 5.02 Å². The van der Waals surface area contributed by atoms with E-state index in [1.165, 1.54) is 11.6 Å². The summed E-state index contributed by atoms with van der Waals surface area (Å²) in [5, 5.41) is 12.5. The summed E-state index contributed by atoms with van der Waals surface area (Å²) in [4.78, 5) is 43.4. The van der Waals surface area contributed by atoms with Crippen LogP contribution in [0.15, 0.2) is 71.5 Å². The van der Waals surface area contributed by atoms with Crippen molar-refractivity contribution < 1.29 is 19.4 Å². The van der Waals surface area contributed by atoms with Gasteiger partial charge >= 0.3 is 12.2 Å². The summed E-state index contributed by atoms with van der Waals surface area (Å²) in [6, 6.07) is 20.5. The number of hydrogen-bond donors (Lipinski definition) is 2. The summed E-state index contributed by atoms with van der Waals surface area (Å²) in [7, 11) is 1.46. The van der Waals surface area contributed by atoms with Crippen LogP contribution in [0, 0.1) is 0 Å². The lowest BCUT2D eigenvalue weighted by Gasteiger charge is -2.21. The van der Waals surface area contributed by atoms with Gasteiger partial charge in [0.2, 0.25) is 0 Å². The minimum Gasteiger partial charge on any atom is -0.465 e. The van der Waals surface area contributed by atoms with E-state index in [0.29, 0.717) is 17.8 Å². The molecule has 4 aromatic rings. The van der Waals surface area contributed by atoms with E-state index >= 15 is 0 Å². The van der Waals surface area contributed by atoms with E-state index < -0.39 is 18.2 Å². The highest BCUT2D eigenvalue weighted by molar-refractivity contribution is 6.35. The van der Waals surface area contributed by atoms with Crippen molar-refractivity contribution >= 4 is 34.7 Å². The summed E-state index contributed by atoms with van der Waals surface area (Å²) >= 11 is 6.32. The van der Waals surface area contributed by atoms with Gasteiger partial charge in [0, 0.05) is 26.1 Å². The SMILES string of the molecule is C[C@H](NC(=O)OCC1c2ccccc2-c2ccccc21)c1nc2cccc(Cl)c2c(=O)n1CCCN(C)C(=O)O. The number of alkyl carbamates (subject to hydrolysis) is 1. The summed E-state index contributed by atoms with van der Waals surface area (Å²) < 4.78 is 7.13. The fourth-order valence-electron chi connectivity index (χ4n) is 5.23. The average Bonchev–Trinajstić information content (AvgIpc) is 3.26. The van der Waals surface area contributed by atoms with Crippen molar-refractivity contribution in [2.24, 2.45) is 0 Å². The van der Waals surface area contributed by atoms with Crippen LogP contribution in [-0.4, -0.2) is 51.9 Å². The molecule has 1 atom stereocenters. The minimum atomic E-state index is -1.06. The van der Waals surface area contributed by atoms with Crippen LogP contribution in [0.3, 0.4) is 0 Å². The van der Waals surface area contributed by atoms with E-state index in [0.717, 1.165) is 27.2 Å². The molecule has 9 nitrogen and oxygen atoms in total. The molecule has 3 aromatic carbocycles. The van der Waals surface area contributed by atoms with Gasteiger partial charge in [-0.3, -0.25) is 9.36 Å². The second-order valence-electron chi connectivity index (χ2n) is 9.81. The molecule has 1 aliphatic carbocycles. The van der Waals surface area contributed by atoms with Crippen molar-refractivity contribution in [3.8, 4) is 11.1 Å². The fraction of sp³-hybridized carbons (Fsp3) is 0.267. The molecular weight excluding hydrogens is 532 g/mol. The van der Waals surface area contributed by atoms with E-state index in [4.69, 9.17) is 21.4 Å². The quantitative estimate of drug-likeness (QED) is 0.288. The molecule has 0 radical (unpaired) electrons. The van der Waals surface area contributed by atoms with Crippen molar-refractivity contribution in [3.63, 3.8) is 0 Å². The van der Waals surface area contributed by atoms with Gasteiger partial charge in [0.05, 0.1) is 22.0 Å². The molecule has 1 heterocycles. The highest BCUT2D eigenvalue weighted by Gasteiger charge is 2.29. The van der Waals surface area contributed by atoms with Crippen LogP contribution in [0.4, 0.5) is 9.59 Å². The zero-order valence-electron chi connectivity index (χ0n) is 22.1. The Hall–Kier alpha value is -4.37. The third kappa shape index (κ3) is 5.24. The van der Waals surface area contributed by atoms with Gasteiger partial charge in [-0.1, -0.05) is 66.2 Å². The number of carboxylic acid groups (broad SMARTS) is 1. The summed E-state index contributed by atoms with van der Waals surface area (Å²) in [6.45, 7) is 2.29. The van der Waals surface area contributed by atoms with Gasteiger partial charge in [-0.2, -0.15) is 0 Å². The van der Waals surface area contributed by atoms with E-state index in [2.05, 4.69) is 34.6 Å². The van der Waals surface area contributed by atoms with Crippen molar-refractivity contribution in [1.82, 2.24) is 19.8 Å². The molecule has 5 rings (SSSR count). The summed E-state index contributed by atoms with van der Waals surface area (Å²) in [5.74, 6) is 0.241. The zero-order valence-corrected chi connectivity index (χ0v) is 22.9. The smallest absolute Gasteiger partial charge is 0.407 e. The molecular formula is C30H29ClN4O5. The maximum absolute atomic E-state index is 13.5. The molecule has 1 aromatic heterocycles. The topological polar surface area (TPSA) is 114 Å². The standard InChI is InChI=1S/C30H29ClN4O5/c1-18(32-29(37)40-17-23-21-11-5-3-9-19(21)20-10-4-6-12-22(20)23)27-33-25-14-7-13-24(31)26(25)28(36)35(27)16-8-15-34(2)30(38)39/h3-7,9-14,18,23H,8,15-17H2,1-2H3,(H,32,37)(H,38,39)/t18-/m0/s1. The van der Waals surface area contributed by atoms with Gasteiger partial charge in [-0.15, -0.1) is 0 Å². The number of nitrogens with zero attached hydrogens (tertiary/aromatic N) is 3. The first kappa shape index (κ1) is 27.2. The Morgan fingerprint density at radius 2 is 1.73 bits per heavy atom. The number of amides is 2. The van der Waals surface area contributed by atoms with Crippen molar-refractivity contribution in [2.75, 3.05) is 20.2 Å². The van der Waals surface area contributed by atoms with Gasteiger partial charge in [0.25, 0.3) is 5.56 Å². The molecule has 0 saturated carbocycles. The fourth-order valence-corrected chi connectivity index (χ4v) is 5.48. The van der Waals surface area contributed by atoms with Crippen molar-refractivity contribution in [2.45, 2.75) is 31.8 Å². The molecule has 10 heteroatoms. The first-order valence-electron chi connectivity index (χ1n) is 13.0. The summed E-state index contributed by atoms with van der Waals surface area (Å²) in [6.07, 6.45) is -1.32. The third-order valence-electron chi connectivity index (χ3n) is 7.23. The number of ether oxygens (including phenoxy) is 1. The molecule has 0 fully saturated rings. The first-order valence-corrected chi connectivity index (χ1v) is 13.4. The number of aromatic nitrogens is 2. The molecule has 1 aliphatic rings. The van der Waals surface area contributed by atoms with Gasteiger partial charge in [0.15, 0.2) is 0 Å². The largest absolute Gasteiger partial charge is 0.465 e. The minimum absolute atomic E-state index is 0.0844. The number of carbonyl (C=O) groups excluding carboxylic acids is 1. The maximum Gasteiger partial charge on any atom is 0.407 e. The number of hydrogen-bond acceptors (Lipinski definition) is 5. The summed E-state index contributed by atoms with van der Waals surface area (Å²) in [5.41, 5.74) is 4.54. The van der Waals surface area contributed by atoms with E-state index in [-0.39, 0.29) is 41.6 Å². The Morgan fingerprint density at radius 3 is 2.38 bits per heavy atom. The second kappa shape index (κ2) is 11.4. The van der Waals surface area contributed by atoms with Gasteiger partial charge in [-0.25, -0.2) is 14.6 Å². The molecule has 40 heavy (non-hydrogen) atoms. The number of halogens is 1. The van der Waals surface area contributed by atoms with Gasteiger partial charge in [-0.05, 0) is 47.7 Å². The molecule has 0 unspecified atom stereocenters. The normalized spacial score (nSPS) is 13.0. The molecule has 2 N–H and O–H groups in total. The zero-order chi connectivity index (χ0) is 28.4. The van der Waals surface area contributed by atoms with Crippen LogP contribution >= 0.6 is 11.6 Å². The van der Waals surface area contributed by atoms with E-state index in [9.17, 15) is 14.4 Å². The van der Waals surface area contributed by atoms with Crippen molar-refractivity contribution in [1.29, 1.82) is 0 Å². The van der Waals surface area contributed by atoms with Crippen LogP contribution in [0.25, 0.3) is 22.0 Å². The monoisotopic (exact) mass is 560 g/mol. The Bertz CT molecular complexity index is 1610. The molecule has 0 bridgehead atoms. The van der Waals surface area contributed by atoms with E-state index in [1.54, 1.807) is 25.1 Å². The Morgan fingerprint density at radius 1 is 1.07 bits per heavy atom. The Kier molecular flexibility index (Phi) is 7.75. The predicted molar refractivity (Wildman–Crippen MR) is 153 cm³/mol. The predicted octanol–water partition coefficient (Wildman–Crippen LogP) is 5.65. The van der Waals surface area contributed by atoms with Crippen molar-refractivity contribution in [3.05, 3.63) is 99.1 Å². The lowest BCUT2D eigenvalue weighted by atomic mass is 9.98. The molecule has 0 aliphatic heterocycles. The molecule has 2 amide bonds. The number of carbonyl (C=O) groups is 2. The van der Waals surface area contributed by atoms with Crippen LogP contribution < -0.4 is 10.9 Å². The lowest BCUT2D eigenvalue weighted by molar-refractivity contribution is 0.139. The van der Waals surface area contributed by atoms with Crippen LogP contribution in [-0.2, 0) is 11.3 Å². The highest BCUT2D eigenvalue weighted by Crippen LogP contribution is 2.44. The number of nitrogens with one attached hydrogen (secondary N) is 1. The second-order valence-corrected chi connectivity index (χ2v) is 10.2. The highest BCUT2D eigenvalue weighted by atomic mass is 35.5. The van der Waals surface area contributed by atoms with Gasteiger partial charge < -0.3 is 20.1 Å². The average molecular weight is 561 g/mol. The molecule has 0 spiro atoms. The first-order chi connectivity index (χ1) is 19.3. The van der Waals surface area contributed by atoms with Gasteiger partial charge in [0.1, 0.15) is 12.4 Å². The Labute approximate surface area is 236 Å². The third-order valence-corrected chi connectivity index (χ3v) is 7.54. The molecule has 0 saturated heterocycles. The number of fused-ring (bicyclic) bond motifs is 4. The lowest BCUT2D eigenvalue weighted by Crippen LogP contribution is -2.35. The van der Waals surface area contributed by atoms with E-state index in [1.807, 2.05) is 24.3 Å².